The van der Waals surface area contributed by atoms with Gasteiger partial charge in [-0.05, 0) is 35.4 Å². The highest BCUT2D eigenvalue weighted by atomic mass is 35.5. The third-order valence-electron chi connectivity index (χ3n) is 4.67. The Kier molecular flexibility index (Phi) is 5.89. The number of hydrogen-bond donors (Lipinski definition) is 1. The van der Waals surface area contributed by atoms with E-state index in [1.807, 2.05) is 0 Å². The molecule has 1 aromatic heterocycles. The zero-order valence-corrected chi connectivity index (χ0v) is 18.3. The average molecular weight is 509 g/mol. The fourth-order valence-electron chi connectivity index (χ4n) is 3.43. The van der Waals surface area contributed by atoms with Crippen LogP contribution in [-0.2, 0) is 11.0 Å². The van der Waals surface area contributed by atoms with Gasteiger partial charge < -0.3 is 5.11 Å². The molecule has 1 aliphatic rings. The van der Waals surface area contributed by atoms with Crippen LogP contribution in [0.4, 0.5) is 13.2 Å². The van der Waals surface area contributed by atoms with Crippen LogP contribution in [0.15, 0.2) is 36.4 Å². The van der Waals surface area contributed by atoms with Gasteiger partial charge in [0.05, 0.1) is 32.7 Å². The maximum atomic E-state index is 13.7. The van der Waals surface area contributed by atoms with E-state index in [0.717, 1.165) is 16.3 Å². The molecule has 1 N–H and O–H groups in total. The largest absolute Gasteiger partial charge is 0.481 e. The van der Waals surface area contributed by atoms with Gasteiger partial charge in [0.25, 0.3) is 0 Å². The van der Waals surface area contributed by atoms with Crippen molar-refractivity contribution in [2.24, 2.45) is 0 Å². The maximum Gasteiger partial charge on any atom is 0.452 e. The minimum absolute atomic E-state index is 0.121. The van der Waals surface area contributed by atoms with Gasteiger partial charge in [-0.2, -0.15) is 13.2 Å². The molecule has 0 aliphatic carbocycles. The zero-order valence-electron chi connectivity index (χ0n) is 15.2. The Morgan fingerprint density at radius 2 is 1.87 bits per heavy atom. The van der Waals surface area contributed by atoms with E-state index in [0.29, 0.717) is 16.1 Å². The molecule has 2 atom stereocenters. The lowest BCUT2D eigenvalue weighted by atomic mass is 10.0. The zero-order chi connectivity index (χ0) is 22.5. The second-order valence-corrected chi connectivity index (χ2v) is 9.20. The van der Waals surface area contributed by atoms with Crippen LogP contribution in [0.1, 0.15) is 39.7 Å². The van der Waals surface area contributed by atoms with E-state index >= 15 is 0 Å². The first kappa shape index (κ1) is 22.3. The molecule has 12 heteroatoms. The number of halogens is 6. The van der Waals surface area contributed by atoms with Gasteiger partial charge in [0.15, 0.2) is 5.82 Å². The second-order valence-electron chi connectivity index (χ2n) is 6.66. The molecule has 2 aromatic carbocycles. The number of hydrogen-bond acceptors (Lipinski definition) is 4. The van der Waals surface area contributed by atoms with Crippen molar-refractivity contribution in [1.29, 1.82) is 0 Å². The lowest BCUT2D eigenvalue weighted by molar-refractivity contribution is -0.146. The Morgan fingerprint density at radius 3 is 2.55 bits per heavy atom. The molecule has 0 saturated carbocycles. The van der Waals surface area contributed by atoms with Crippen molar-refractivity contribution in [3.63, 3.8) is 0 Å². The van der Waals surface area contributed by atoms with Gasteiger partial charge in [-0.15, -0.1) is 22.0 Å². The normalized spacial score (nSPS) is 18.3. The topological polar surface area (TPSA) is 68.0 Å². The summed E-state index contributed by atoms with van der Waals surface area (Å²) in [5.41, 5.74) is 1.06. The number of carbonyl (C=O) groups is 1. The predicted octanol–water partition coefficient (Wildman–Crippen LogP) is 6.60. The van der Waals surface area contributed by atoms with Crippen LogP contribution in [-0.4, -0.2) is 25.8 Å². The van der Waals surface area contributed by atoms with Crippen molar-refractivity contribution in [2.75, 3.05) is 0 Å². The third kappa shape index (κ3) is 4.11. The molecule has 3 aromatic rings. The summed E-state index contributed by atoms with van der Waals surface area (Å²) in [5, 5.41) is 15.6. The van der Waals surface area contributed by atoms with Crippen molar-refractivity contribution in [3.05, 3.63) is 74.2 Å². The molecule has 0 bridgehead atoms. The minimum Gasteiger partial charge on any atom is -0.481 e. The van der Waals surface area contributed by atoms with E-state index in [4.69, 9.17) is 34.8 Å². The van der Waals surface area contributed by atoms with Gasteiger partial charge in [0, 0.05) is 5.02 Å². The summed E-state index contributed by atoms with van der Waals surface area (Å²) in [4.78, 5) is 11.5. The first-order valence-electron chi connectivity index (χ1n) is 8.71. The molecule has 4 rings (SSSR count). The Labute approximate surface area is 193 Å². The van der Waals surface area contributed by atoms with E-state index in [1.54, 1.807) is 18.2 Å². The summed E-state index contributed by atoms with van der Waals surface area (Å²) in [5.74, 6) is -2.57. The summed E-state index contributed by atoms with van der Waals surface area (Å²) in [7, 11) is 0. The Balaban J connectivity index is 2.04. The molecule has 1 aliphatic heterocycles. The predicted molar refractivity (Wildman–Crippen MR) is 112 cm³/mol. The number of alkyl halides is 3. The molecule has 0 spiro atoms. The lowest BCUT2D eigenvalue weighted by Gasteiger charge is -2.22. The number of benzene rings is 2. The first-order chi connectivity index (χ1) is 14.6. The highest BCUT2D eigenvalue weighted by Crippen LogP contribution is 2.53. The minimum atomic E-state index is -4.81. The van der Waals surface area contributed by atoms with Crippen LogP contribution in [0.2, 0.25) is 15.1 Å². The summed E-state index contributed by atoms with van der Waals surface area (Å²) in [6.07, 6.45) is -5.29. The molecule has 162 valence electrons. The summed E-state index contributed by atoms with van der Waals surface area (Å²) in [6, 6.07) is 9.33. The van der Waals surface area contributed by atoms with Crippen molar-refractivity contribution in [3.8, 4) is 5.69 Å². The highest BCUT2D eigenvalue weighted by Gasteiger charge is 2.43. The van der Waals surface area contributed by atoms with Crippen LogP contribution in [0.3, 0.4) is 0 Å². The SMILES string of the molecule is O=C(O)CC1SC(c2cccc(Cl)c2Cl)c2cc(Cl)ccc2-n2c1nnc2C(F)(F)F. The second kappa shape index (κ2) is 8.20. The fourth-order valence-corrected chi connectivity index (χ4v) is 5.61. The molecule has 2 heterocycles. The van der Waals surface area contributed by atoms with Gasteiger partial charge in [0.1, 0.15) is 0 Å². The van der Waals surface area contributed by atoms with E-state index in [-0.39, 0.29) is 21.6 Å². The number of carboxylic acid groups (broad SMARTS) is 1. The third-order valence-corrected chi connectivity index (χ3v) is 7.22. The molecular weight excluding hydrogens is 498 g/mol. The standard InChI is InChI=1S/C19H11Cl3F3N3O2S/c20-8-4-5-12-10(6-8)16(9-2-1-3-11(21)15(9)22)31-13(7-14(29)30)17-26-27-18(28(12)17)19(23,24)25/h1-6,13,16H,7H2,(H,29,30). The van der Waals surface area contributed by atoms with Gasteiger partial charge in [-0.3, -0.25) is 9.36 Å². The molecule has 5 nitrogen and oxygen atoms in total. The monoisotopic (exact) mass is 507 g/mol. The maximum absolute atomic E-state index is 13.7. The first-order valence-corrected chi connectivity index (χ1v) is 10.8. The van der Waals surface area contributed by atoms with Crippen molar-refractivity contribution < 1.29 is 23.1 Å². The number of carboxylic acids is 1. The summed E-state index contributed by atoms with van der Waals surface area (Å²) in [6.45, 7) is 0. The van der Waals surface area contributed by atoms with Crippen LogP contribution >= 0.6 is 46.6 Å². The van der Waals surface area contributed by atoms with Crippen molar-refractivity contribution in [1.82, 2.24) is 14.8 Å². The number of aromatic nitrogens is 3. The Bertz CT molecular complexity index is 1190. The summed E-state index contributed by atoms with van der Waals surface area (Å²) < 4.78 is 42.0. The van der Waals surface area contributed by atoms with Gasteiger partial charge in [-0.25, -0.2) is 0 Å². The Morgan fingerprint density at radius 1 is 1.13 bits per heavy atom. The van der Waals surface area contributed by atoms with E-state index in [9.17, 15) is 23.1 Å². The van der Waals surface area contributed by atoms with E-state index < -0.39 is 34.9 Å². The van der Waals surface area contributed by atoms with Gasteiger partial charge in [0.2, 0.25) is 5.82 Å². The van der Waals surface area contributed by atoms with Crippen LogP contribution < -0.4 is 0 Å². The number of nitrogens with zero attached hydrogens (tertiary/aromatic N) is 3. The fraction of sp³-hybridized carbons (Fsp3) is 0.211. The quantitative estimate of drug-likeness (QED) is 0.432. The van der Waals surface area contributed by atoms with Gasteiger partial charge >= 0.3 is 12.1 Å². The van der Waals surface area contributed by atoms with E-state index in [1.165, 1.54) is 18.2 Å². The Hall–Kier alpha value is -1.94. The molecule has 0 fully saturated rings. The smallest absolute Gasteiger partial charge is 0.452 e. The number of fused-ring (bicyclic) bond motifs is 3. The lowest BCUT2D eigenvalue weighted by Crippen LogP contribution is -2.16. The molecule has 31 heavy (non-hydrogen) atoms. The van der Waals surface area contributed by atoms with Crippen molar-refractivity contribution in [2.45, 2.75) is 23.1 Å². The summed E-state index contributed by atoms with van der Waals surface area (Å²) >= 11 is 19.9. The van der Waals surface area contributed by atoms with Gasteiger partial charge in [-0.1, -0.05) is 46.9 Å². The molecule has 0 saturated heterocycles. The number of aliphatic carboxylic acids is 1. The highest BCUT2D eigenvalue weighted by molar-refractivity contribution is 8.00. The van der Waals surface area contributed by atoms with Crippen LogP contribution in [0.25, 0.3) is 5.69 Å². The van der Waals surface area contributed by atoms with Crippen LogP contribution in [0, 0.1) is 0 Å². The molecule has 0 amide bonds. The number of thioether (sulfide) groups is 1. The molecule has 0 radical (unpaired) electrons. The van der Waals surface area contributed by atoms with E-state index in [2.05, 4.69) is 10.2 Å². The molecular formula is C19H11Cl3F3N3O2S. The average Bonchev–Trinajstić information content (AvgIpc) is 3.08. The number of rotatable bonds is 3. The van der Waals surface area contributed by atoms with Crippen LogP contribution in [0.5, 0.6) is 0 Å². The van der Waals surface area contributed by atoms with Crippen molar-refractivity contribution >= 4 is 52.5 Å². The molecule has 2 unspecified atom stereocenters.